The number of carbonyl (C=O) groups excluding carboxylic acids is 2. The third-order valence-corrected chi connectivity index (χ3v) is 3.84. The number of Topliss-reactive ketones (excluding diaryl/α,β-unsaturated/α-hetero) is 1. The Morgan fingerprint density at radius 3 is 2.56 bits per heavy atom. The van der Waals surface area contributed by atoms with E-state index in [0.29, 0.717) is 6.08 Å². The molecule has 0 spiro atoms. The van der Waals surface area contributed by atoms with Crippen molar-refractivity contribution in [3.8, 4) is 0 Å². The van der Waals surface area contributed by atoms with E-state index in [1.54, 1.807) is 0 Å². The highest BCUT2D eigenvalue weighted by Crippen LogP contribution is 2.29. The highest BCUT2D eigenvalue weighted by atomic mass is 35.7. The zero-order chi connectivity index (χ0) is 13.5. The molecule has 0 aliphatic heterocycles. The molecule has 0 bridgehead atoms. The van der Waals surface area contributed by atoms with Crippen LogP contribution in [-0.2, 0) is 18.6 Å². The van der Waals surface area contributed by atoms with Crippen LogP contribution in [0, 0.1) is 0 Å². The molecule has 2 rings (SSSR count). The SMILES string of the molecule is [N-]=[N+]=C1CC=CC2=C1C(=O)C=C(S(=O)(=O)Cl)C2=O. The molecule has 0 fully saturated rings. The first-order chi connectivity index (χ1) is 8.36. The average Bonchev–Trinajstić information content (AvgIpc) is 2.31. The number of allylic oxidation sites excluding steroid dienone is 6. The molecule has 2 aliphatic rings. The first-order valence-corrected chi connectivity index (χ1v) is 7.04. The van der Waals surface area contributed by atoms with Crippen molar-refractivity contribution >= 4 is 37.0 Å². The van der Waals surface area contributed by atoms with Crippen molar-refractivity contribution in [3.63, 3.8) is 0 Å². The van der Waals surface area contributed by atoms with Crippen molar-refractivity contribution in [2.24, 2.45) is 0 Å². The van der Waals surface area contributed by atoms with Crippen molar-refractivity contribution in [2.45, 2.75) is 6.42 Å². The molecule has 2 aliphatic carbocycles. The van der Waals surface area contributed by atoms with E-state index in [0.717, 1.165) is 0 Å². The van der Waals surface area contributed by atoms with Gasteiger partial charge < -0.3 is 5.53 Å². The van der Waals surface area contributed by atoms with Crippen LogP contribution < -0.4 is 0 Å². The van der Waals surface area contributed by atoms with E-state index < -0.39 is 25.5 Å². The Bertz CT molecular complexity index is 721. The fourth-order valence-corrected chi connectivity index (χ4v) is 2.68. The van der Waals surface area contributed by atoms with Gasteiger partial charge in [-0.2, -0.15) is 4.79 Å². The van der Waals surface area contributed by atoms with Gasteiger partial charge in [0.2, 0.25) is 5.78 Å². The lowest BCUT2D eigenvalue weighted by Gasteiger charge is -2.14. The van der Waals surface area contributed by atoms with Crippen LogP contribution in [-0.4, -0.2) is 30.5 Å². The van der Waals surface area contributed by atoms with E-state index in [1.807, 2.05) is 0 Å². The molecule has 6 nitrogen and oxygen atoms in total. The lowest BCUT2D eigenvalue weighted by Crippen LogP contribution is -2.27. The Morgan fingerprint density at radius 1 is 1.33 bits per heavy atom. The van der Waals surface area contributed by atoms with Gasteiger partial charge in [-0.05, 0) is 0 Å². The molecule has 0 atom stereocenters. The van der Waals surface area contributed by atoms with Crippen LogP contribution in [0.1, 0.15) is 6.42 Å². The highest BCUT2D eigenvalue weighted by molar-refractivity contribution is 8.17. The molecule has 0 amide bonds. The van der Waals surface area contributed by atoms with E-state index in [1.165, 1.54) is 12.2 Å². The number of carbonyl (C=O) groups is 2. The van der Waals surface area contributed by atoms with E-state index >= 15 is 0 Å². The molecule has 0 aromatic heterocycles. The van der Waals surface area contributed by atoms with Gasteiger partial charge in [0.1, 0.15) is 10.5 Å². The number of hydrogen-bond acceptors (Lipinski definition) is 4. The standard InChI is InChI=1S/C10H5ClN2O4S/c11-18(16,17)8-4-7(14)9-5(10(8)15)2-1-3-6(9)13-12/h1-2,4H,3H2. The maximum Gasteiger partial charge on any atom is 0.307 e. The van der Waals surface area contributed by atoms with Gasteiger partial charge in [0, 0.05) is 22.3 Å². The smallest absolute Gasteiger partial charge is 0.307 e. The van der Waals surface area contributed by atoms with Gasteiger partial charge in [-0.15, -0.1) is 0 Å². The summed E-state index contributed by atoms with van der Waals surface area (Å²) in [7, 11) is 0.788. The van der Waals surface area contributed by atoms with Gasteiger partial charge >= 0.3 is 5.71 Å². The van der Waals surface area contributed by atoms with Crippen LogP contribution >= 0.6 is 10.7 Å². The fourth-order valence-electron chi connectivity index (χ4n) is 1.75. The summed E-state index contributed by atoms with van der Waals surface area (Å²) in [6, 6.07) is 0. The molecular weight excluding hydrogens is 280 g/mol. The second kappa shape index (κ2) is 4.13. The van der Waals surface area contributed by atoms with Crippen LogP contribution in [0.25, 0.3) is 5.53 Å². The third kappa shape index (κ3) is 1.88. The minimum absolute atomic E-state index is 0.0214. The maximum atomic E-state index is 11.9. The molecule has 0 aromatic rings. The summed E-state index contributed by atoms with van der Waals surface area (Å²) < 4.78 is 22.3. The Hall–Kier alpha value is -1.82. The summed E-state index contributed by atoms with van der Waals surface area (Å²) in [4.78, 5) is 25.8. The van der Waals surface area contributed by atoms with Gasteiger partial charge in [0.25, 0.3) is 9.05 Å². The Labute approximate surface area is 106 Å². The molecule has 0 aromatic carbocycles. The van der Waals surface area contributed by atoms with Crippen molar-refractivity contribution in [1.29, 1.82) is 0 Å². The molecule has 0 radical (unpaired) electrons. The highest BCUT2D eigenvalue weighted by Gasteiger charge is 2.38. The molecular formula is C10H5ClN2O4S. The molecule has 18 heavy (non-hydrogen) atoms. The van der Waals surface area contributed by atoms with E-state index in [4.69, 9.17) is 16.2 Å². The number of halogens is 1. The molecule has 92 valence electrons. The molecule has 8 heteroatoms. The van der Waals surface area contributed by atoms with E-state index in [9.17, 15) is 18.0 Å². The summed E-state index contributed by atoms with van der Waals surface area (Å²) >= 11 is 0. The van der Waals surface area contributed by atoms with Gasteiger partial charge in [-0.3, -0.25) is 9.59 Å². The zero-order valence-corrected chi connectivity index (χ0v) is 10.3. The maximum absolute atomic E-state index is 11.9. The Morgan fingerprint density at radius 2 is 2.00 bits per heavy atom. The number of nitrogens with zero attached hydrogens (tertiary/aromatic N) is 2. The molecule has 0 N–H and O–H groups in total. The minimum Gasteiger partial charge on any atom is -0.361 e. The monoisotopic (exact) mass is 284 g/mol. The molecule has 0 saturated carbocycles. The lowest BCUT2D eigenvalue weighted by atomic mass is 9.86. The number of rotatable bonds is 1. The molecule has 0 saturated heterocycles. The zero-order valence-electron chi connectivity index (χ0n) is 8.75. The molecule has 0 heterocycles. The second-order valence-corrected chi connectivity index (χ2v) is 6.12. The van der Waals surface area contributed by atoms with Crippen molar-refractivity contribution in [1.82, 2.24) is 0 Å². The van der Waals surface area contributed by atoms with Gasteiger partial charge in [0.05, 0.1) is 6.42 Å². The van der Waals surface area contributed by atoms with Gasteiger partial charge in [-0.1, -0.05) is 12.2 Å². The largest absolute Gasteiger partial charge is 0.361 e. The quantitative estimate of drug-likeness (QED) is 0.303. The predicted molar refractivity (Wildman–Crippen MR) is 62.3 cm³/mol. The number of ketones is 2. The predicted octanol–water partition coefficient (Wildman–Crippen LogP) is 0.518. The Kier molecular flexibility index (Phi) is 2.90. The summed E-state index contributed by atoms with van der Waals surface area (Å²) in [5.41, 5.74) is 8.56. The van der Waals surface area contributed by atoms with Crippen LogP contribution in [0.4, 0.5) is 0 Å². The lowest BCUT2D eigenvalue weighted by molar-refractivity contribution is -0.115. The minimum atomic E-state index is -4.29. The first kappa shape index (κ1) is 12.6. The summed E-state index contributed by atoms with van der Waals surface area (Å²) in [6.07, 6.45) is 3.64. The second-order valence-electron chi connectivity index (χ2n) is 3.58. The normalized spacial score (nSPS) is 19.6. The summed E-state index contributed by atoms with van der Waals surface area (Å²) in [6.45, 7) is 0. The van der Waals surface area contributed by atoms with Crippen LogP contribution in [0.15, 0.2) is 34.3 Å². The van der Waals surface area contributed by atoms with Crippen molar-refractivity contribution < 1.29 is 22.8 Å². The van der Waals surface area contributed by atoms with Crippen molar-refractivity contribution in [3.05, 3.63) is 39.8 Å². The summed E-state index contributed by atoms with van der Waals surface area (Å²) in [5.74, 6) is -1.60. The van der Waals surface area contributed by atoms with Crippen molar-refractivity contribution in [2.75, 3.05) is 0 Å². The van der Waals surface area contributed by atoms with E-state index in [-0.39, 0.29) is 23.3 Å². The average molecular weight is 285 g/mol. The van der Waals surface area contributed by atoms with Crippen LogP contribution in [0.2, 0.25) is 0 Å². The number of hydrogen-bond donors (Lipinski definition) is 0. The van der Waals surface area contributed by atoms with Crippen LogP contribution in [0.5, 0.6) is 0 Å². The third-order valence-electron chi connectivity index (χ3n) is 2.51. The molecule has 0 unspecified atom stereocenters. The topological polar surface area (TPSA) is 105 Å². The van der Waals surface area contributed by atoms with E-state index in [2.05, 4.69) is 4.79 Å². The van der Waals surface area contributed by atoms with Gasteiger partial charge in [0.15, 0.2) is 5.78 Å². The first-order valence-electron chi connectivity index (χ1n) is 4.73. The summed E-state index contributed by atoms with van der Waals surface area (Å²) in [5, 5.41) is 0. The van der Waals surface area contributed by atoms with Gasteiger partial charge in [-0.25, -0.2) is 8.42 Å². The fraction of sp³-hybridized carbons (Fsp3) is 0.100. The Balaban J connectivity index is 2.69. The van der Waals surface area contributed by atoms with Crippen LogP contribution in [0.3, 0.4) is 0 Å².